The summed E-state index contributed by atoms with van der Waals surface area (Å²) in [7, 11) is 0. The summed E-state index contributed by atoms with van der Waals surface area (Å²) < 4.78 is 62.1. The molecule has 0 spiro atoms. The maximum absolute atomic E-state index is 12.8. The van der Waals surface area contributed by atoms with Crippen LogP contribution in [0.2, 0.25) is 0 Å². The summed E-state index contributed by atoms with van der Waals surface area (Å²) in [6.45, 7) is 9.60. The van der Waals surface area contributed by atoms with Crippen molar-refractivity contribution < 1.29 is 26.7 Å². The number of hydrogen-bond acceptors (Lipinski definition) is 4. The quantitative estimate of drug-likeness (QED) is 0.224. The maximum Gasteiger partial charge on any atom is 0.394 e. The van der Waals surface area contributed by atoms with Crippen LogP contribution in [0.1, 0.15) is 63.0 Å². The van der Waals surface area contributed by atoms with Crippen LogP contribution in [0.5, 0.6) is 0 Å². The zero-order valence-electron chi connectivity index (χ0n) is 19.6. The van der Waals surface area contributed by atoms with Gasteiger partial charge in [0.2, 0.25) is 5.91 Å². The molecule has 5 nitrogen and oxygen atoms in total. The van der Waals surface area contributed by atoms with Crippen molar-refractivity contribution in [2.24, 2.45) is 17.5 Å². The van der Waals surface area contributed by atoms with Gasteiger partial charge in [-0.2, -0.15) is 18.4 Å². The summed E-state index contributed by atoms with van der Waals surface area (Å²) >= 11 is 0. The van der Waals surface area contributed by atoms with Gasteiger partial charge in [0.1, 0.15) is 5.83 Å². The molecular formula is C23H31F5N4O. The van der Waals surface area contributed by atoms with E-state index in [2.05, 4.69) is 0 Å². The Labute approximate surface area is 191 Å². The molecule has 1 aromatic carbocycles. The number of nitrogens with zero attached hydrogens (tertiary/aromatic N) is 2. The van der Waals surface area contributed by atoms with Gasteiger partial charge in [0, 0.05) is 23.7 Å². The minimum atomic E-state index is -4.43. The minimum Gasteiger partial charge on any atom is -0.366 e. The van der Waals surface area contributed by atoms with E-state index >= 15 is 0 Å². The van der Waals surface area contributed by atoms with E-state index in [0.717, 1.165) is 24.1 Å². The first-order chi connectivity index (χ1) is 15.3. The highest BCUT2D eigenvalue weighted by molar-refractivity contribution is 5.93. The number of nitrogens with two attached hydrogens (primary N) is 2. The Morgan fingerprint density at radius 1 is 1.27 bits per heavy atom. The molecule has 1 aromatic rings. The van der Waals surface area contributed by atoms with Gasteiger partial charge in [-0.1, -0.05) is 32.9 Å². The van der Waals surface area contributed by atoms with Gasteiger partial charge in [-0.25, -0.2) is 14.6 Å². The number of hydrazine groups is 1. The topological polar surface area (TPSA) is 96.1 Å². The molecule has 1 amide bonds. The molecule has 0 fully saturated rings. The Morgan fingerprint density at radius 2 is 1.82 bits per heavy atom. The molecule has 0 heterocycles. The normalized spacial score (nSPS) is 13.0. The third-order valence-corrected chi connectivity index (χ3v) is 3.89. The molecule has 0 bridgehead atoms. The molecule has 0 aliphatic carbocycles. The van der Waals surface area contributed by atoms with Gasteiger partial charge in [-0.3, -0.25) is 4.79 Å². The lowest BCUT2D eigenvalue weighted by Crippen LogP contribution is -2.31. The monoisotopic (exact) mass is 474 g/mol. The van der Waals surface area contributed by atoms with Crippen molar-refractivity contribution in [1.82, 2.24) is 5.01 Å². The number of benzene rings is 1. The number of allylic oxidation sites excluding steroid dienone is 5. The molecule has 1 unspecified atom stereocenters. The summed E-state index contributed by atoms with van der Waals surface area (Å²) in [5.74, 6) is 2.22. The number of hydrogen-bond donors (Lipinski definition) is 2. The molecule has 0 saturated carbocycles. The maximum atomic E-state index is 12.8. The lowest BCUT2D eigenvalue weighted by Gasteiger charge is -2.24. The van der Waals surface area contributed by atoms with Gasteiger partial charge in [0.15, 0.2) is 0 Å². The summed E-state index contributed by atoms with van der Waals surface area (Å²) in [6.07, 6.45) is -1.45. The van der Waals surface area contributed by atoms with Crippen molar-refractivity contribution >= 4 is 11.6 Å². The molecule has 1 rings (SSSR count). The number of carbonyl (C=O) groups excluding carboxylic acids is 1. The van der Waals surface area contributed by atoms with Gasteiger partial charge < -0.3 is 10.7 Å². The van der Waals surface area contributed by atoms with Gasteiger partial charge in [0.05, 0.1) is 29.1 Å². The van der Waals surface area contributed by atoms with Crippen molar-refractivity contribution in [2.75, 3.05) is 6.54 Å². The molecule has 0 saturated heterocycles. The predicted octanol–water partition coefficient (Wildman–Crippen LogP) is 6.15. The highest BCUT2D eigenvalue weighted by Crippen LogP contribution is 2.31. The Morgan fingerprint density at radius 3 is 2.15 bits per heavy atom. The largest absolute Gasteiger partial charge is 0.394 e. The van der Waals surface area contributed by atoms with Crippen LogP contribution in [-0.2, 0) is 0 Å². The van der Waals surface area contributed by atoms with Gasteiger partial charge in [-0.05, 0) is 39.0 Å². The molecule has 0 aliphatic rings. The number of primary amides is 1. The fourth-order valence-electron chi connectivity index (χ4n) is 2.13. The lowest BCUT2D eigenvalue weighted by atomic mass is 9.98. The van der Waals surface area contributed by atoms with Crippen molar-refractivity contribution in [3.63, 3.8) is 0 Å². The van der Waals surface area contributed by atoms with Gasteiger partial charge >= 0.3 is 6.18 Å². The van der Waals surface area contributed by atoms with E-state index < -0.39 is 29.7 Å². The summed E-state index contributed by atoms with van der Waals surface area (Å²) in [5, 5.41) is 10.3. The first-order valence-electron chi connectivity index (χ1n) is 10.1. The molecule has 4 N–H and O–H groups in total. The number of nitriles is 1. The van der Waals surface area contributed by atoms with E-state index in [1.54, 1.807) is 6.92 Å². The Bertz CT molecular complexity index is 895. The van der Waals surface area contributed by atoms with Crippen LogP contribution in [0.25, 0.3) is 5.70 Å². The van der Waals surface area contributed by atoms with Crippen molar-refractivity contribution in [2.45, 2.75) is 47.7 Å². The number of halogens is 5. The second-order valence-corrected chi connectivity index (χ2v) is 6.31. The van der Waals surface area contributed by atoms with Crippen LogP contribution < -0.4 is 11.6 Å². The number of rotatable bonds is 6. The molecule has 0 radical (unpaired) electrons. The molecule has 1 atom stereocenters. The molecule has 10 heteroatoms. The second-order valence-electron chi connectivity index (χ2n) is 6.31. The number of carbonyl (C=O) groups is 1. The highest BCUT2D eigenvalue weighted by atomic mass is 19.4. The van der Waals surface area contributed by atoms with Crippen LogP contribution in [-0.4, -0.2) is 23.6 Å². The van der Waals surface area contributed by atoms with Crippen LogP contribution in [0.15, 0.2) is 48.1 Å². The van der Waals surface area contributed by atoms with E-state index in [0.29, 0.717) is 0 Å². The van der Waals surface area contributed by atoms with Crippen molar-refractivity contribution in [1.29, 1.82) is 5.26 Å². The molecule has 184 valence electrons. The lowest BCUT2D eigenvalue weighted by molar-refractivity contribution is -0.156. The summed E-state index contributed by atoms with van der Waals surface area (Å²) in [6, 6.07) is 5.79. The average molecular weight is 475 g/mol. The fourth-order valence-corrected chi connectivity index (χ4v) is 2.13. The Balaban J connectivity index is 0. The van der Waals surface area contributed by atoms with Crippen LogP contribution >= 0.6 is 0 Å². The van der Waals surface area contributed by atoms with Crippen LogP contribution in [0, 0.1) is 17.2 Å². The van der Waals surface area contributed by atoms with Gasteiger partial charge in [-0.15, -0.1) is 0 Å². The predicted molar refractivity (Wildman–Crippen MR) is 121 cm³/mol. The van der Waals surface area contributed by atoms with E-state index in [1.165, 1.54) is 38.1 Å². The summed E-state index contributed by atoms with van der Waals surface area (Å²) in [4.78, 5) is 11.2. The zero-order chi connectivity index (χ0) is 26.4. The average Bonchev–Trinajstić information content (AvgIpc) is 2.76. The van der Waals surface area contributed by atoms with Crippen LogP contribution in [0.4, 0.5) is 22.0 Å². The van der Waals surface area contributed by atoms with Gasteiger partial charge in [0.25, 0.3) is 0 Å². The molecule has 0 aliphatic heterocycles. The highest BCUT2D eigenvalue weighted by Gasteiger charge is 2.35. The molecule has 0 aromatic heterocycles. The Kier molecular flexibility index (Phi) is 15.1. The Hall–Kier alpha value is -3.19. The number of alkyl halides is 3. The minimum absolute atomic E-state index is 0.0193. The standard InChI is InChI=1S/C15H17F3N4O.C6H8F2.C2H6/c1-3-22(21)13(6-9(2)15(16,17)18)12-5-4-10(14(20)23)7-11(12)8-19;1-3-6(8)4-5(2)7;1-2/h4-7,9H,3,21H2,1-2H3,(H2,20,23);3-4H,1-2H3;1-2H3/b13-6-;5-4+,6-3+;. The van der Waals surface area contributed by atoms with E-state index in [1.807, 2.05) is 19.9 Å². The number of amides is 1. The zero-order valence-corrected chi connectivity index (χ0v) is 19.6. The van der Waals surface area contributed by atoms with Crippen molar-refractivity contribution in [3.05, 3.63) is 64.8 Å². The first-order valence-corrected chi connectivity index (χ1v) is 10.1. The third-order valence-electron chi connectivity index (χ3n) is 3.89. The van der Waals surface area contributed by atoms with Crippen molar-refractivity contribution in [3.8, 4) is 6.07 Å². The fraction of sp³-hybridized carbons (Fsp3) is 0.391. The second kappa shape index (κ2) is 15.6. The smallest absolute Gasteiger partial charge is 0.366 e. The van der Waals surface area contributed by atoms with Crippen LogP contribution in [0.3, 0.4) is 0 Å². The molecular weight excluding hydrogens is 443 g/mol. The first kappa shape index (κ1) is 32.0. The van der Waals surface area contributed by atoms with E-state index in [-0.39, 0.29) is 28.9 Å². The molecule has 33 heavy (non-hydrogen) atoms. The van der Waals surface area contributed by atoms with E-state index in [4.69, 9.17) is 11.6 Å². The van der Waals surface area contributed by atoms with E-state index in [9.17, 15) is 32.0 Å². The third kappa shape index (κ3) is 11.8. The summed E-state index contributed by atoms with van der Waals surface area (Å²) in [5.41, 5.74) is 5.52. The SMILES string of the molecule is C/C=C(F)\C=C(/C)F.CC.CCN(N)/C(=C\C(C)C(F)(F)F)c1ccc(C(N)=O)cc1C#N.